The molecular formula is C35H44O3. The van der Waals surface area contributed by atoms with Gasteiger partial charge in [0.15, 0.2) is 0 Å². The van der Waals surface area contributed by atoms with Crippen LogP contribution in [0, 0.1) is 0 Å². The van der Waals surface area contributed by atoms with Gasteiger partial charge >= 0.3 is 5.97 Å². The third kappa shape index (κ3) is 10.2. The Kier molecular flexibility index (Phi) is 12.7. The highest BCUT2D eigenvalue weighted by atomic mass is 16.5. The van der Waals surface area contributed by atoms with Crippen LogP contribution in [0.5, 0.6) is 11.5 Å². The molecular weight excluding hydrogens is 468 g/mol. The van der Waals surface area contributed by atoms with Gasteiger partial charge in [0.05, 0.1) is 11.7 Å². The molecule has 0 radical (unpaired) electrons. The first-order chi connectivity index (χ1) is 18.6. The number of hydrogen-bond donors (Lipinski definition) is 0. The molecule has 0 aliphatic carbocycles. The molecule has 202 valence electrons. The van der Waals surface area contributed by atoms with Crippen molar-refractivity contribution < 1.29 is 14.3 Å². The SMILES string of the molecule is CC/C=C\CCCCc1ccc(-c2ccc(OC(=O)c3ccc(O[C@@H](C)CCCCCC)cc3)cc2)cc1. The first-order valence-corrected chi connectivity index (χ1v) is 14.4. The van der Waals surface area contributed by atoms with E-state index < -0.39 is 0 Å². The summed E-state index contributed by atoms with van der Waals surface area (Å²) in [6, 6.07) is 23.7. The molecule has 0 aromatic heterocycles. The Hall–Kier alpha value is -3.33. The monoisotopic (exact) mass is 512 g/mol. The third-order valence-electron chi connectivity index (χ3n) is 6.73. The zero-order valence-corrected chi connectivity index (χ0v) is 23.5. The van der Waals surface area contributed by atoms with Crippen molar-refractivity contribution in [1.82, 2.24) is 0 Å². The summed E-state index contributed by atoms with van der Waals surface area (Å²) in [5.74, 6) is 0.948. The van der Waals surface area contributed by atoms with Crippen LogP contribution in [0.15, 0.2) is 84.9 Å². The Bertz CT molecular complexity index is 1100. The normalized spacial score (nSPS) is 12.0. The highest BCUT2D eigenvalue weighted by Crippen LogP contribution is 2.24. The molecule has 0 aliphatic rings. The number of rotatable bonds is 16. The van der Waals surface area contributed by atoms with Gasteiger partial charge in [0.1, 0.15) is 11.5 Å². The number of esters is 1. The summed E-state index contributed by atoms with van der Waals surface area (Å²) >= 11 is 0. The molecule has 3 aromatic carbocycles. The van der Waals surface area contributed by atoms with Gasteiger partial charge in [-0.05, 0) is 105 Å². The minimum absolute atomic E-state index is 0.164. The summed E-state index contributed by atoms with van der Waals surface area (Å²) in [7, 11) is 0. The molecule has 1 atom stereocenters. The maximum atomic E-state index is 12.6. The van der Waals surface area contributed by atoms with Gasteiger partial charge in [-0.1, -0.05) is 81.7 Å². The fourth-order valence-corrected chi connectivity index (χ4v) is 4.44. The molecule has 0 fully saturated rings. The Morgan fingerprint density at radius 1 is 0.737 bits per heavy atom. The van der Waals surface area contributed by atoms with Crippen molar-refractivity contribution in [3.8, 4) is 22.6 Å². The molecule has 3 nitrogen and oxygen atoms in total. The molecule has 0 saturated heterocycles. The average Bonchev–Trinajstić information content (AvgIpc) is 2.94. The zero-order chi connectivity index (χ0) is 27.0. The number of hydrogen-bond acceptors (Lipinski definition) is 3. The van der Waals surface area contributed by atoms with Gasteiger partial charge in [0.25, 0.3) is 0 Å². The Balaban J connectivity index is 1.46. The fraction of sp³-hybridized carbons (Fsp3) is 0.400. The molecule has 0 N–H and O–H groups in total. The molecule has 0 unspecified atom stereocenters. The summed E-state index contributed by atoms with van der Waals surface area (Å²) in [6.45, 7) is 6.49. The van der Waals surface area contributed by atoms with Gasteiger partial charge in [-0.2, -0.15) is 0 Å². The fourth-order valence-electron chi connectivity index (χ4n) is 4.44. The van der Waals surface area contributed by atoms with Crippen LogP contribution in [0.1, 0.15) is 94.5 Å². The molecule has 0 bridgehead atoms. The van der Waals surface area contributed by atoms with E-state index in [1.807, 2.05) is 36.4 Å². The minimum atomic E-state index is -0.369. The summed E-state index contributed by atoms with van der Waals surface area (Å²) < 4.78 is 11.6. The van der Waals surface area contributed by atoms with E-state index in [0.717, 1.165) is 36.1 Å². The topological polar surface area (TPSA) is 35.5 Å². The quantitative estimate of drug-likeness (QED) is 0.0829. The van der Waals surface area contributed by atoms with E-state index in [9.17, 15) is 4.79 Å². The average molecular weight is 513 g/mol. The second-order valence-corrected chi connectivity index (χ2v) is 10.0. The van der Waals surface area contributed by atoms with Crippen LogP contribution in [0.3, 0.4) is 0 Å². The number of unbranched alkanes of at least 4 members (excludes halogenated alkanes) is 5. The maximum Gasteiger partial charge on any atom is 0.343 e. The van der Waals surface area contributed by atoms with Crippen molar-refractivity contribution in [2.24, 2.45) is 0 Å². The van der Waals surface area contributed by atoms with Crippen molar-refractivity contribution in [1.29, 1.82) is 0 Å². The van der Waals surface area contributed by atoms with E-state index in [-0.39, 0.29) is 12.1 Å². The number of benzene rings is 3. The van der Waals surface area contributed by atoms with Gasteiger partial charge in [0, 0.05) is 0 Å². The zero-order valence-electron chi connectivity index (χ0n) is 23.5. The molecule has 0 aliphatic heterocycles. The number of allylic oxidation sites excluding steroid dienone is 2. The standard InChI is InChI=1S/C35H44O3/c1-4-6-8-10-11-13-15-29-16-18-30(19-17-29)31-20-24-34(25-21-31)38-35(36)32-22-26-33(27-23-32)37-28(3)14-12-9-7-5-2/h6,8,16-28H,4-5,7,9-15H2,1-3H3/b8-6-/t28-/m0/s1. The van der Waals surface area contributed by atoms with Crippen LogP contribution in [-0.4, -0.2) is 12.1 Å². The van der Waals surface area contributed by atoms with Gasteiger partial charge in [-0.15, -0.1) is 0 Å². The summed E-state index contributed by atoms with van der Waals surface area (Å²) in [6.07, 6.45) is 16.5. The van der Waals surface area contributed by atoms with E-state index in [1.54, 1.807) is 12.1 Å². The first kappa shape index (κ1) is 29.2. The van der Waals surface area contributed by atoms with Crippen LogP contribution < -0.4 is 9.47 Å². The number of carbonyl (C=O) groups is 1. The van der Waals surface area contributed by atoms with Crippen molar-refractivity contribution in [2.45, 2.75) is 91.1 Å². The van der Waals surface area contributed by atoms with Crippen LogP contribution in [-0.2, 0) is 6.42 Å². The molecule has 0 spiro atoms. The van der Waals surface area contributed by atoms with E-state index in [4.69, 9.17) is 9.47 Å². The largest absolute Gasteiger partial charge is 0.491 e. The van der Waals surface area contributed by atoms with Crippen LogP contribution in [0.2, 0.25) is 0 Å². The predicted octanol–water partition coefficient (Wildman–Crippen LogP) is 9.99. The van der Waals surface area contributed by atoms with Crippen molar-refractivity contribution in [3.05, 3.63) is 96.1 Å². The Morgan fingerprint density at radius 3 is 2.05 bits per heavy atom. The first-order valence-electron chi connectivity index (χ1n) is 14.4. The highest BCUT2D eigenvalue weighted by Gasteiger charge is 2.10. The number of ether oxygens (including phenoxy) is 2. The molecule has 0 heterocycles. The van der Waals surface area contributed by atoms with Crippen molar-refractivity contribution in [3.63, 3.8) is 0 Å². The van der Waals surface area contributed by atoms with E-state index in [2.05, 4.69) is 57.2 Å². The van der Waals surface area contributed by atoms with Gasteiger partial charge < -0.3 is 9.47 Å². The Labute approximate surface area is 229 Å². The van der Waals surface area contributed by atoms with Gasteiger partial charge in [0.2, 0.25) is 0 Å². The van der Waals surface area contributed by atoms with E-state index >= 15 is 0 Å². The molecule has 3 heteroatoms. The lowest BCUT2D eigenvalue weighted by Gasteiger charge is -2.14. The number of carbonyl (C=O) groups excluding carboxylic acids is 1. The van der Waals surface area contributed by atoms with E-state index in [0.29, 0.717) is 11.3 Å². The second-order valence-electron chi connectivity index (χ2n) is 10.0. The van der Waals surface area contributed by atoms with Gasteiger partial charge in [-0.25, -0.2) is 4.79 Å². The predicted molar refractivity (Wildman–Crippen MR) is 159 cm³/mol. The van der Waals surface area contributed by atoms with Crippen LogP contribution in [0.25, 0.3) is 11.1 Å². The molecule has 3 rings (SSSR count). The lowest BCUT2D eigenvalue weighted by Crippen LogP contribution is -2.12. The van der Waals surface area contributed by atoms with E-state index in [1.165, 1.54) is 50.5 Å². The van der Waals surface area contributed by atoms with Crippen molar-refractivity contribution in [2.75, 3.05) is 0 Å². The minimum Gasteiger partial charge on any atom is -0.491 e. The molecule has 0 amide bonds. The Morgan fingerprint density at radius 2 is 1.39 bits per heavy atom. The summed E-state index contributed by atoms with van der Waals surface area (Å²) in [5, 5.41) is 0. The number of aryl methyl sites for hydroxylation is 1. The van der Waals surface area contributed by atoms with Crippen LogP contribution >= 0.6 is 0 Å². The smallest absolute Gasteiger partial charge is 0.343 e. The third-order valence-corrected chi connectivity index (χ3v) is 6.73. The summed E-state index contributed by atoms with van der Waals surface area (Å²) in [5.41, 5.74) is 4.14. The summed E-state index contributed by atoms with van der Waals surface area (Å²) in [4.78, 5) is 12.6. The molecule has 3 aromatic rings. The second kappa shape index (κ2) is 16.5. The highest BCUT2D eigenvalue weighted by molar-refractivity contribution is 5.91. The van der Waals surface area contributed by atoms with Crippen LogP contribution in [0.4, 0.5) is 0 Å². The molecule has 0 saturated carbocycles. The lowest BCUT2D eigenvalue weighted by atomic mass is 10.0. The lowest BCUT2D eigenvalue weighted by molar-refractivity contribution is 0.0734. The maximum absolute atomic E-state index is 12.6. The van der Waals surface area contributed by atoms with Gasteiger partial charge in [-0.3, -0.25) is 0 Å². The van der Waals surface area contributed by atoms with Crippen molar-refractivity contribution >= 4 is 5.97 Å². The molecule has 38 heavy (non-hydrogen) atoms.